The van der Waals surface area contributed by atoms with Crippen LogP contribution in [-0.4, -0.2) is 27.4 Å². The number of halogens is 1. The summed E-state index contributed by atoms with van der Waals surface area (Å²) in [4.78, 5) is 11.3. The molecule has 1 rings (SSSR count). The lowest BCUT2D eigenvalue weighted by Crippen LogP contribution is -2.05. The molecule has 0 aliphatic carbocycles. The Hall–Kier alpha value is -0.900. The van der Waals surface area contributed by atoms with E-state index in [9.17, 15) is 0 Å². The standard InChI is InChI=1S/C5H7ClN4/c6-1-2-8-5-9-3-7-4-10-5/h3-4H,1-2H2,(H,7,8,9,10). The van der Waals surface area contributed by atoms with Crippen molar-refractivity contribution < 1.29 is 0 Å². The molecule has 0 aromatic carbocycles. The van der Waals surface area contributed by atoms with Gasteiger partial charge in [-0.05, 0) is 0 Å². The molecule has 4 nitrogen and oxygen atoms in total. The van der Waals surface area contributed by atoms with Gasteiger partial charge in [0.05, 0.1) is 0 Å². The topological polar surface area (TPSA) is 50.7 Å². The fourth-order valence-electron chi connectivity index (χ4n) is 0.490. The Labute approximate surface area is 63.7 Å². The molecule has 0 atom stereocenters. The molecule has 54 valence electrons. The monoisotopic (exact) mass is 158 g/mol. The number of nitrogens with zero attached hydrogens (tertiary/aromatic N) is 3. The van der Waals surface area contributed by atoms with E-state index in [1.807, 2.05) is 0 Å². The number of hydrogen-bond donors (Lipinski definition) is 1. The van der Waals surface area contributed by atoms with Crippen molar-refractivity contribution in [3.63, 3.8) is 0 Å². The molecule has 0 bridgehead atoms. The summed E-state index contributed by atoms with van der Waals surface area (Å²) in [7, 11) is 0. The van der Waals surface area contributed by atoms with Gasteiger partial charge < -0.3 is 5.32 Å². The van der Waals surface area contributed by atoms with E-state index in [0.717, 1.165) is 0 Å². The number of rotatable bonds is 3. The minimum Gasteiger partial charge on any atom is -0.353 e. The van der Waals surface area contributed by atoms with Crippen LogP contribution in [0.3, 0.4) is 0 Å². The maximum absolute atomic E-state index is 5.42. The first-order chi connectivity index (χ1) is 4.93. The van der Waals surface area contributed by atoms with E-state index in [1.165, 1.54) is 12.7 Å². The van der Waals surface area contributed by atoms with Crippen LogP contribution in [0.25, 0.3) is 0 Å². The maximum Gasteiger partial charge on any atom is 0.225 e. The summed E-state index contributed by atoms with van der Waals surface area (Å²) in [6.45, 7) is 0.672. The van der Waals surface area contributed by atoms with Crippen LogP contribution < -0.4 is 5.32 Å². The minimum atomic E-state index is 0.547. The predicted octanol–water partition coefficient (Wildman–Crippen LogP) is 0.522. The molecule has 0 saturated heterocycles. The van der Waals surface area contributed by atoms with Crippen molar-refractivity contribution >= 4 is 17.5 Å². The highest BCUT2D eigenvalue weighted by Gasteiger charge is 1.88. The minimum absolute atomic E-state index is 0.547. The first kappa shape index (κ1) is 7.21. The molecule has 0 unspecified atom stereocenters. The molecule has 1 aromatic rings. The van der Waals surface area contributed by atoms with Crippen molar-refractivity contribution in [1.29, 1.82) is 0 Å². The van der Waals surface area contributed by atoms with Crippen molar-refractivity contribution in [2.75, 3.05) is 17.7 Å². The second-order valence-corrected chi connectivity index (χ2v) is 1.96. The van der Waals surface area contributed by atoms with Gasteiger partial charge in [-0.15, -0.1) is 11.6 Å². The third kappa shape index (κ3) is 2.14. The van der Waals surface area contributed by atoms with Gasteiger partial charge in [0.25, 0.3) is 0 Å². The van der Waals surface area contributed by atoms with E-state index >= 15 is 0 Å². The smallest absolute Gasteiger partial charge is 0.225 e. The van der Waals surface area contributed by atoms with Gasteiger partial charge in [-0.3, -0.25) is 0 Å². The number of alkyl halides is 1. The first-order valence-electron chi connectivity index (χ1n) is 2.85. The molecule has 0 spiro atoms. The molecule has 0 aliphatic heterocycles. The molecule has 1 N–H and O–H groups in total. The average Bonchev–Trinajstić information content (AvgIpc) is 2.03. The van der Waals surface area contributed by atoms with Crippen molar-refractivity contribution in [2.24, 2.45) is 0 Å². The fraction of sp³-hybridized carbons (Fsp3) is 0.400. The SMILES string of the molecule is ClCCNc1ncncn1. The summed E-state index contributed by atoms with van der Waals surface area (Å²) in [5.74, 6) is 1.11. The van der Waals surface area contributed by atoms with Crippen LogP contribution in [0.4, 0.5) is 5.95 Å². The molecule has 5 heteroatoms. The zero-order valence-corrected chi connectivity index (χ0v) is 6.04. The number of hydrogen-bond acceptors (Lipinski definition) is 4. The lowest BCUT2D eigenvalue weighted by atomic mass is 10.7. The normalized spacial score (nSPS) is 9.30. The summed E-state index contributed by atoms with van der Waals surface area (Å²) >= 11 is 5.42. The molecular weight excluding hydrogens is 152 g/mol. The Bertz CT molecular complexity index is 178. The summed E-state index contributed by atoms with van der Waals surface area (Å²) in [6.07, 6.45) is 2.87. The Morgan fingerprint density at radius 3 is 2.70 bits per heavy atom. The van der Waals surface area contributed by atoms with Gasteiger partial charge in [0.2, 0.25) is 5.95 Å². The third-order valence-electron chi connectivity index (χ3n) is 0.871. The van der Waals surface area contributed by atoms with Gasteiger partial charge in [0, 0.05) is 12.4 Å². The highest BCUT2D eigenvalue weighted by atomic mass is 35.5. The molecule has 10 heavy (non-hydrogen) atoms. The molecule has 1 heterocycles. The summed E-state index contributed by atoms with van der Waals surface area (Å²) < 4.78 is 0. The lowest BCUT2D eigenvalue weighted by Gasteiger charge is -1.97. The van der Waals surface area contributed by atoms with Gasteiger partial charge in [-0.1, -0.05) is 0 Å². The van der Waals surface area contributed by atoms with E-state index in [2.05, 4.69) is 20.3 Å². The summed E-state index contributed by atoms with van der Waals surface area (Å²) in [5.41, 5.74) is 0. The van der Waals surface area contributed by atoms with E-state index in [0.29, 0.717) is 18.4 Å². The zero-order chi connectivity index (χ0) is 7.23. The van der Waals surface area contributed by atoms with Crippen molar-refractivity contribution in [3.8, 4) is 0 Å². The van der Waals surface area contributed by atoms with Gasteiger partial charge in [-0.25, -0.2) is 15.0 Å². The largest absolute Gasteiger partial charge is 0.353 e. The molecule has 1 aromatic heterocycles. The van der Waals surface area contributed by atoms with E-state index in [4.69, 9.17) is 11.6 Å². The summed E-state index contributed by atoms with van der Waals surface area (Å²) in [6, 6.07) is 0. The second-order valence-electron chi connectivity index (χ2n) is 1.58. The highest BCUT2D eigenvalue weighted by Crippen LogP contribution is 1.90. The molecule has 0 fully saturated rings. The van der Waals surface area contributed by atoms with E-state index in [1.54, 1.807) is 0 Å². The first-order valence-corrected chi connectivity index (χ1v) is 3.39. The van der Waals surface area contributed by atoms with Gasteiger partial charge in [0.15, 0.2) is 0 Å². The lowest BCUT2D eigenvalue weighted by molar-refractivity contribution is 1.02. The molecular formula is C5H7ClN4. The van der Waals surface area contributed by atoms with Crippen LogP contribution in [0.2, 0.25) is 0 Å². The van der Waals surface area contributed by atoms with Crippen molar-refractivity contribution in [1.82, 2.24) is 15.0 Å². The van der Waals surface area contributed by atoms with E-state index < -0.39 is 0 Å². The Morgan fingerprint density at radius 2 is 2.10 bits per heavy atom. The number of aromatic nitrogens is 3. The van der Waals surface area contributed by atoms with Crippen LogP contribution in [0, 0.1) is 0 Å². The van der Waals surface area contributed by atoms with Crippen LogP contribution in [-0.2, 0) is 0 Å². The van der Waals surface area contributed by atoms with Gasteiger partial charge in [0.1, 0.15) is 12.7 Å². The maximum atomic E-state index is 5.42. The van der Waals surface area contributed by atoms with Crippen molar-refractivity contribution in [2.45, 2.75) is 0 Å². The second kappa shape index (κ2) is 4.00. The zero-order valence-electron chi connectivity index (χ0n) is 5.29. The molecule has 0 radical (unpaired) electrons. The van der Waals surface area contributed by atoms with Crippen molar-refractivity contribution in [3.05, 3.63) is 12.7 Å². The third-order valence-corrected chi connectivity index (χ3v) is 1.06. The molecule has 0 aliphatic rings. The van der Waals surface area contributed by atoms with E-state index in [-0.39, 0.29) is 0 Å². The molecule has 0 saturated carbocycles. The van der Waals surface area contributed by atoms with Crippen LogP contribution in [0.1, 0.15) is 0 Å². The Kier molecular flexibility index (Phi) is 2.89. The molecule has 0 amide bonds. The predicted molar refractivity (Wildman–Crippen MR) is 39.0 cm³/mol. The Morgan fingerprint density at radius 1 is 1.40 bits per heavy atom. The summed E-state index contributed by atoms with van der Waals surface area (Å²) in [5, 5.41) is 2.90. The Balaban J connectivity index is 2.43. The highest BCUT2D eigenvalue weighted by molar-refractivity contribution is 6.18. The number of nitrogens with one attached hydrogen (secondary N) is 1. The van der Waals surface area contributed by atoms with Crippen LogP contribution in [0.5, 0.6) is 0 Å². The van der Waals surface area contributed by atoms with Gasteiger partial charge in [-0.2, -0.15) is 0 Å². The van der Waals surface area contributed by atoms with Crippen LogP contribution in [0.15, 0.2) is 12.7 Å². The number of anilines is 1. The van der Waals surface area contributed by atoms with Gasteiger partial charge >= 0.3 is 0 Å². The average molecular weight is 159 g/mol. The quantitative estimate of drug-likeness (QED) is 0.652. The fourth-order valence-corrected chi connectivity index (χ4v) is 0.584. The van der Waals surface area contributed by atoms with Crippen LogP contribution >= 0.6 is 11.6 Å².